The molecule has 0 saturated carbocycles. The first-order chi connectivity index (χ1) is 8.49. The van der Waals surface area contributed by atoms with Crippen LogP contribution < -0.4 is 5.73 Å². The fourth-order valence-electron chi connectivity index (χ4n) is 2.23. The molecule has 2 unspecified atom stereocenters. The minimum Gasteiger partial charge on any atom is -0.338 e. The molecule has 2 atom stereocenters. The molecule has 0 radical (unpaired) electrons. The van der Waals surface area contributed by atoms with Crippen molar-refractivity contribution in [3.63, 3.8) is 0 Å². The van der Waals surface area contributed by atoms with Gasteiger partial charge in [0.05, 0.1) is 5.56 Å². The van der Waals surface area contributed by atoms with Crippen LogP contribution in [0.2, 0.25) is 0 Å². The largest absolute Gasteiger partial charge is 0.338 e. The predicted octanol–water partition coefficient (Wildman–Crippen LogP) is 2.24. The van der Waals surface area contributed by atoms with Crippen LogP contribution in [0.1, 0.15) is 23.7 Å². The Morgan fingerprint density at radius 3 is 2.89 bits per heavy atom. The first-order valence-electron chi connectivity index (χ1n) is 5.99. The molecule has 5 heteroatoms. The molecule has 2 N–H and O–H groups in total. The van der Waals surface area contributed by atoms with Crippen LogP contribution in [-0.4, -0.2) is 29.9 Å². The third-order valence-corrected chi connectivity index (χ3v) is 4.31. The lowest BCUT2D eigenvalue weighted by Gasteiger charge is -2.18. The van der Waals surface area contributed by atoms with Crippen LogP contribution in [-0.2, 0) is 0 Å². The van der Waals surface area contributed by atoms with Gasteiger partial charge in [-0.3, -0.25) is 4.79 Å². The van der Waals surface area contributed by atoms with E-state index in [0.29, 0.717) is 21.6 Å². The number of rotatable bonds is 2. The van der Waals surface area contributed by atoms with Crippen LogP contribution >= 0.6 is 22.6 Å². The van der Waals surface area contributed by atoms with Crippen molar-refractivity contribution >= 4 is 28.5 Å². The summed E-state index contributed by atoms with van der Waals surface area (Å²) in [7, 11) is 0. The molecule has 1 fully saturated rings. The maximum absolute atomic E-state index is 13.0. The predicted molar refractivity (Wildman–Crippen MR) is 76.8 cm³/mol. The van der Waals surface area contributed by atoms with E-state index in [9.17, 15) is 9.18 Å². The molecule has 1 aliphatic heterocycles. The van der Waals surface area contributed by atoms with Crippen molar-refractivity contribution in [2.45, 2.75) is 19.4 Å². The summed E-state index contributed by atoms with van der Waals surface area (Å²) in [6.07, 6.45) is 0.946. The number of carbonyl (C=O) groups excluding carboxylic acids is 1. The van der Waals surface area contributed by atoms with Gasteiger partial charge in [0.15, 0.2) is 0 Å². The van der Waals surface area contributed by atoms with E-state index in [-0.39, 0.29) is 17.8 Å². The Morgan fingerprint density at radius 2 is 2.33 bits per heavy atom. The quantitative estimate of drug-likeness (QED) is 0.821. The zero-order chi connectivity index (χ0) is 13.3. The Hall–Kier alpha value is -0.690. The number of nitrogens with zero attached hydrogens (tertiary/aromatic N) is 1. The van der Waals surface area contributed by atoms with Gasteiger partial charge in [-0.25, -0.2) is 4.39 Å². The summed E-state index contributed by atoms with van der Waals surface area (Å²) < 4.78 is 13.7. The SMILES string of the molecule is CC(N)C1CCN(C(=O)c2ccc(F)cc2I)C1. The highest BCUT2D eigenvalue weighted by Crippen LogP contribution is 2.23. The van der Waals surface area contributed by atoms with E-state index in [1.54, 1.807) is 6.07 Å². The molecular formula is C13H16FIN2O. The highest BCUT2D eigenvalue weighted by Gasteiger charge is 2.29. The Balaban J connectivity index is 2.13. The van der Waals surface area contributed by atoms with Crippen LogP contribution in [0.5, 0.6) is 0 Å². The molecule has 1 saturated heterocycles. The van der Waals surface area contributed by atoms with Gasteiger partial charge in [-0.2, -0.15) is 0 Å². The third kappa shape index (κ3) is 2.83. The summed E-state index contributed by atoms with van der Waals surface area (Å²) >= 11 is 1.99. The molecule has 2 rings (SSSR count). The molecule has 1 amide bonds. The van der Waals surface area contributed by atoms with Crippen molar-refractivity contribution in [3.05, 3.63) is 33.1 Å². The van der Waals surface area contributed by atoms with Gasteiger partial charge < -0.3 is 10.6 Å². The lowest BCUT2D eigenvalue weighted by molar-refractivity contribution is 0.0785. The van der Waals surface area contributed by atoms with Gasteiger partial charge in [-0.05, 0) is 60.1 Å². The Bertz CT molecular complexity index is 464. The van der Waals surface area contributed by atoms with Gasteiger partial charge in [0.2, 0.25) is 0 Å². The van der Waals surface area contributed by atoms with E-state index in [1.807, 2.05) is 34.4 Å². The Labute approximate surface area is 120 Å². The van der Waals surface area contributed by atoms with Crippen molar-refractivity contribution in [1.82, 2.24) is 4.90 Å². The smallest absolute Gasteiger partial charge is 0.254 e. The first-order valence-corrected chi connectivity index (χ1v) is 7.07. The normalized spacial score (nSPS) is 21.1. The molecule has 0 bridgehead atoms. The number of amides is 1. The molecule has 0 spiro atoms. The number of halogens is 2. The zero-order valence-corrected chi connectivity index (χ0v) is 12.4. The summed E-state index contributed by atoms with van der Waals surface area (Å²) in [6, 6.07) is 4.37. The average molecular weight is 362 g/mol. The van der Waals surface area contributed by atoms with E-state index < -0.39 is 0 Å². The van der Waals surface area contributed by atoms with Crippen LogP contribution in [0.25, 0.3) is 0 Å². The third-order valence-electron chi connectivity index (χ3n) is 3.42. The highest BCUT2D eigenvalue weighted by atomic mass is 127. The number of hydrogen-bond donors (Lipinski definition) is 1. The van der Waals surface area contributed by atoms with Gasteiger partial charge in [0.25, 0.3) is 5.91 Å². The Kier molecular flexibility index (Phi) is 4.21. The molecule has 0 aliphatic carbocycles. The van der Waals surface area contributed by atoms with E-state index in [4.69, 9.17) is 5.73 Å². The van der Waals surface area contributed by atoms with Gasteiger partial charge in [0.1, 0.15) is 5.82 Å². The fraction of sp³-hybridized carbons (Fsp3) is 0.462. The number of nitrogens with two attached hydrogens (primary N) is 1. The minimum absolute atomic E-state index is 0.0254. The lowest BCUT2D eigenvalue weighted by atomic mass is 10.0. The summed E-state index contributed by atoms with van der Waals surface area (Å²) in [5.41, 5.74) is 6.43. The number of likely N-dealkylation sites (tertiary alicyclic amines) is 1. The van der Waals surface area contributed by atoms with Crippen LogP contribution in [0.3, 0.4) is 0 Å². The van der Waals surface area contributed by atoms with Crippen molar-refractivity contribution in [3.8, 4) is 0 Å². The van der Waals surface area contributed by atoms with Crippen molar-refractivity contribution in [2.24, 2.45) is 11.7 Å². The minimum atomic E-state index is -0.314. The maximum atomic E-state index is 13.0. The van der Waals surface area contributed by atoms with E-state index >= 15 is 0 Å². The first kappa shape index (κ1) is 13.7. The fourth-order valence-corrected chi connectivity index (χ4v) is 2.94. The van der Waals surface area contributed by atoms with Crippen molar-refractivity contribution in [1.29, 1.82) is 0 Å². The summed E-state index contributed by atoms with van der Waals surface area (Å²) in [5, 5.41) is 0. The van der Waals surface area contributed by atoms with Crippen molar-refractivity contribution < 1.29 is 9.18 Å². The number of hydrogen-bond acceptors (Lipinski definition) is 2. The molecule has 1 aliphatic rings. The van der Waals surface area contributed by atoms with Gasteiger partial charge >= 0.3 is 0 Å². The van der Waals surface area contributed by atoms with Crippen LogP contribution in [0.4, 0.5) is 4.39 Å². The molecule has 1 aromatic carbocycles. The topological polar surface area (TPSA) is 46.3 Å². The number of carbonyl (C=O) groups is 1. The highest BCUT2D eigenvalue weighted by molar-refractivity contribution is 14.1. The molecule has 98 valence electrons. The summed E-state index contributed by atoms with van der Waals surface area (Å²) in [4.78, 5) is 14.1. The second kappa shape index (κ2) is 5.52. The van der Waals surface area contributed by atoms with E-state index in [2.05, 4.69) is 0 Å². The van der Waals surface area contributed by atoms with Gasteiger partial charge in [-0.1, -0.05) is 0 Å². The lowest BCUT2D eigenvalue weighted by Crippen LogP contribution is -2.33. The average Bonchev–Trinajstić information content (AvgIpc) is 2.77. The molecule has 1 heterocycles. The van der Waals surface area contributed by atoms with Gasteiger partial charge in [-0.15, -0.1) is 0 Å². The molecule has 18 heavy (non-hydrogen) atoms. The molecule has 3 nitrogen and oxygen atoms in total. The second-order valence-corrected chi connectivity index (χ2v) is 5.95. The monoisotopic (exact) mass is 362 g/mol. The second-order valence-electron chi connectivity index (χ2n) is 4.78. The zero-order valence-electron chi connectivity index (χ0n) is 10.2. The summed E-state index contributed by atoms with van der Waals surface area (Å²) in [6.45, 7) is 3.41. The molecular weight excluding hydrogens is 346 g/mol. The summed E-state index contributed by atoms with van der Waals surface area (Å²) in [5.74, 6) is 0.0282. The maximum Gasteiger partial charge on any atom is 0.254 e. The standard InChI is InChI=1S/C13H16FIN2O/c1-8(16)9-4-5-17(7-9)13(18)11-3-2-10(14)6-12(11)15/h2-3,6,8-9H,4-5,7,16H2,1H3. The molecule has 1 aromatic rings. The van der Waals surface area contributed by atoms with E-state index in [1.165, 1.54) is 12.1 Å². The van der Waals surface area contributed by atoms with Crippen LogP contribution in [0.15, 0.2) is 18.2 Å². The van der Waals surface area contributed by atoms with Crippen molar-refractivity contribution in [2.75, 3.05) is 13.1 Å². The van der Waals surface area contributed by atoms with Gasteiger partial charge in [0, 0.05) is 22.7 Å². The molecule has 0 aromatic heterocycles. The van der Waals surface area contributed by atoms with E-state index in [0.717, 1.165) is 13.0 Å². The Morgan fingerprint density at radius 1 is 1.61 bits per heavy atom. The van der Waals surface area contributed by atoms with Crippen LogP contribution in [0, 0.1) is 15.3 Å². The number of benzene rings is 1.